The lowest BCUT2D eigenvalue weighted by Gasteiger charge is -2.10. The Bertz CT molecular complexity index is 614. The molecule has 1 amide bonds. The first-order chi connectivity index (χ1) is 10.3. The summed E-state index contributed by atoms with van der Waals surface area (Å²) < 4.78 is 5.29. The number of anilines is 1. The minimum Gasteiger partial charge on any atom is -0.496 e. The van der Waals surface area contributed by atoms with Crippen molar-refractivity contribution in [3.63, 3.8) is 0 Å². The number of hydrogen-bond donors (Lipinski definition) is 2. The predicted molar refractivity (Wildman–Crippen MR) is 82.8 cm³/mol. The first kappa shape index (κ1) is 14.8. The van der Waals surface area contributed by atoms with Crippen molar-refractivity contribution in [2.24, 2.45) is 0 Å². The number of ether oxygens (including phenoxy) is 1. The molecule has 0 spiro atoms. The molecule has 0 bridgehead atoms. The van der Waals surface area contributed by atoms with Gasteiger partial charge in [0.2, 0.25) is 0 Å². The Hall–Kier alpha value is -2.56. The van der Waals surface area contributed by atoms with E-state index in [1.165, 1.54) is 0 Å². The van der Waals surface area contributed by atoms with E-state index in [2.05, 4.69) is 15.6 Å². The van der Waals surface area contributed by atoms with Gasteiger partial charge in [-0.25, -0.2) is 0 Å². The molecule has 0 aliphatic heterocycles. The van der Waals surface area contributed by atoms with E-state index >= 15 is 0 Å². The summed E-state index contributed by atoms with van der Waals surface area (Å²) in [5.74, 6) is 0.700. The van der Waals surface area contributed by atoms with Gasteiger partial charge in [-0.05, 0) is 24.1 Å². The number of hydrogen-bond acceptors (Lipinski definition) is 4. The summed E-state index contributed by atoms with van der Waals surface area (Å²) in [6.07, 6.45) is 3.92. The second-order valence-electron chi connectivity index (χ2n) is 4.49. The summed E-state index contributed by atoms with van der Waals surface area (Å²) in [6.45, 7) is 0.539. The predicted octanol–water partition coefficient (Wildman–Crippen LogP) is 2.10. The topological polar surface area (TPSA) is 63.2 Å². The Morgan fingerprint density at radius 1 is 1.29 bits per heavy atom. The molecule has 110 valence electrons. The molecule has 0 radical (unpaired) electrons. The zero-order valence-electron chi connectivity index (χ0n) is 12.2. The summed E-state index contributed by atoms with van der Waals surface area (Å²) in [4.78, 5) is 16.1. The molecular formula is C16H19N3O2. The molecule has 0 fully saturated rings. The van der Waals surface area contributed by atoms with Crippen molar-refractivity contribution in [2.45, 2.75) is 6.42 Å². The highest BCUT2D eigenvalue weighted by Gasteiger charge is 2.10. The van der Waals surface area contributed by atoms with Crippen LogP contribution < -0.4 is 15.4 Å². The maximum atomic E-state index is 12.1. The number of aromatic nitrogens is 1. The van der Waals surface area contributed by atoms with Crippen LogP contribution in [-0.2, 0) is 6.42 Å². The van der Waals surface area contributed by atoms with E-state index in [-0.39, 0.29) is 5.91 Å². The van der Waals surface area contributed by atoms with Crippen LogP contribution in [0.1, 0.15) is 15.9 Å². The standard InChI is InChI=1S/C16H19N3O2/c1-17-14-8-9-18-11-13(14)16(20)19-10-7-12-5-3-4-6-15(12)21-2/h3-6,8-9,11H,7,10H2,1-2H3,(H,17,18)(H,19,20). The fraction of sp³-hybridized carbons (Fsp3) is 0.250. The number of nitrogens with zero attached hydrogens (tertiary/aromatic N) is 1. The zero-order valence-corrected chi connectivity index (χ0v) is 12.2. The maximum Gasteiger partial charge on any atom is 0.254 e. The average molecular weight is 285 g/mol. The second-order valence-corrected chi connectivity index (χ2v) is 4.49. The number of benzene rings is 1. The number of rotatable bonds is 6. The van der Waals surface area contributed by atoms with Crippen LogP contribution in [-0.4, -0.2) is 31.6 Å². The van der Waals surface area contributed by atoms with Gasteiger partial charge in [0.1, 0.15) is 5.75 Å². The van der Waals surface area contributed by atoms with Crippen LogP contribution in [0.25, 0.3) is 0 Å². The molecule has 2 N–H and O–H groups in total. The smallest absolute Gasteiger partial charge is 0.254 e. The number of carbonyl (C=O) groups excluding carboxylic acids is 1. The van der Waals surface area contributed by atoms with E-state index in [9.17, 15) is 4.79 Å². The Morgan fingerprint density at radius 3 is 2.86 bits per heavy atom. The van der Waals surface area contributed by atoms with Crippen LogP contribution in [0.2, 0.25) is 0 Å². The Kier molecular flexibility index (Phi) is 5.15. The molecule has 0 aliphatic rings. The third-order valence-electron chi connectivity index (χ3n) is 3.21. The second kappa shape index (κ2) is 7.28. The van der Waals surface area contributed by atoms with Gasteiger partial charge in [0, 0.05) is 31.7 Å². The lowest BCUT2D eigenvalue weighted by atomic mass is 10.1. The third-order valence-corrected chi connectivity index (χ3v) is 3.21. The number of carbonyl (C=O) groups is 1. The van der Waals surface area contributed by atoms with Crippen molar-refractivity contribution in [3.8, 4) is 5.75 Å². The van der Waals surface area contributed by atoms with E-state index in [0.717, 1.165) is 17.0 Å². The highest BCUT2D eigenvalue weighted by Crippen LogP contribution is 2.17. The van der Waals surface area contributed by atoms with Crippen LogP contribution in [0.4, 0.5) is 5.69 Å². The van der Waals surface area contributed by atoms with Gasteiger partial charge < -0.3 is 15.4 Å². The quantitative estimate of drug-likeness (QED) is 0.853. The van der Waals surface area contributed by atoms with E-state index in [0.29, 0.717) is 18.5 Å². The molecule has 1 aromatic heterocycles. The van der Waals surface area contributed by atoms with E-state index in [1.54, 1.807) is 32.6 Å². The highest BCUT2D eigenvalue weighted by atomic mass is 16.5. The fourth-order valence-electron chi connectivity index (χ4n) is 2.11. The molecule has 21 heavy (non-hydrogen) atoms. The van der Waals surface area contributed by atoms with Crippen LogP contribution in [0, 0.1) is 0 Å². The van der Waals surface area contributed by atoms with Crippen molar-refractivity contribution in [3.05, 3.63) is 53.9 Å². The van der Waals surface area contributed by atoms with Crippen LogP contribution in [0.3, 0.4) is 0 Å². The monoisotopic (exact) mass is 285 g/mol. The molecular weight excluding hydrogens is 266 g/mol. The highest BCUT2D eigenvalue weighted by molar-refractivity contribution is 5.99. The Balaban J connectivity index is 1.95. The number of methoxy groups -OCH3 is 1. The molecule has 5 nitrogen and oxygen atoms in total. The van der Waals surface area contributed by atoms with Crippen molar-refractivity contribution < 1.29 is 9.53 Å². The van der Waals surface area contributed by atoms with Gasteiger partial charge in [-0.15, -0.1) is 0 Å². The van der Waals surface area contributed by atoms with Crippen LogP contribution in [0.15, 0.2) is 42.7 Å². The van der Waals surface area contributed by atoms with Crippen molar-refractivity contribution in [1.82, 2.24) is 10.3 Å². The third kappa shape index (κ3) is 3.72. The maximum absolute atomic E-state index is 12.1. The van der Waals surface area contributed by atoms with E-state index in [4.69, 9.17) is 4.74 Å². The van der Waals surface area contributed by atoms with Crippen LogP contribution in [0.5, 0.6) is 5.75 Å². The lowest BCUT2D eigenvalue weighted by Crippen LogP contribution is -2.26. The van der Waals surface area contributed by atoms with E-state index < -0.39 is 0 Å². The largest absolute Gasteiger partial charge is 0.496 e. The molecule has 0 saturated heterocycles. The summed E-state index contributed by atoms with van der Waals surface area (Å²) in [6, 6.07) is 9.57. The molecule has 2 aromatic rings. The number of amides is 1. The van der Waals surface area contributed by atoms with Crippen molar-refractivity contribution in [1.29, 1.82) is 0 Å². The van der Waals surface area contributed by atoms with Crippen LogP contribution >= 0.6 is 0 Å². The molecule has 0 atom stereocenters. The summed E-state index contributed by atoms with van der Waals surface area (Å²) in [5, 5.41) is 5.88. The molecule has 1 heterocycles. The van der Waals surface area contributed by atoms with Crippen molar-refractivity contribution in [2.75, 3.05) is 26.0 Å². The number of nitrogens with one attached hydrogen (secondary N) is 2. The number of para-hydroxylation sites is 1. The molecule has 0 aliphatic carbocycles. The molecule has 5 heteroatoms. The molecule has 0 unspecified atom stereocenters. The minimum atomic E-state index is -0.137. The Labute approximate surface area is 124 Å². The average Bonchev–Trinajstić information content (AvgIpc) is 2.55. The van der Waals surface area contributed by atoms with Gasteiger partial charge in [0.25, 0.3) is 5.91 Å². The minimum absolute atomic E-state index is 0.137. The normalized spacial score (nSPS) is 10.0. The van der Waals surface area contributed by atoms with Gasteiger partial charge >= 0.3 is 0 Å². The molecule has 1 aromatic carbocycles. The van der Waals surface area contributed by atoms with Gasteiger partial charge in [0.15, 0.2) is 0 Å². The SMILES string of the molecule is CNc1ccncc1C(=O)NCCc1ccccc1OC. The van der Waals surface area contributed by atoms with E-state index in [1.807, 2.05) is 24.3 Å². The molecule has 0 saturated carbocycles. The summed E-state index contributed by atoms with van der Waals surface area (Å²) in [5.41, 5.74) is 2.38. The Morgan fingerprint density at radius 2 is 2.10 bits per heavy atom. The first-order valence-corrected chi connectivity index (χ1v) is 6.78. The first-order valence-electron chi connectivity index (χ1n) is 6.78. The van der Waals surface area contributed by atoms with Gasteiger partial charge in [-0.2, -0.15) is 0 Å². The molecule has 2 rings (SSSR count). The lowest BCUT2D eigenvalue weighted by molar-refractivity contribution is 0.0954. The van der Waals surface area contributed by atoms with Crippen molar-refractivity contribution >= 4 is 11.6 Å². The van der Waals surface area contributed by atoms with Gasteiger partial charge in [0.05, 0.1) is 12.7 Å². The van der Waals surface area contributed by atoms with Gasteiger partial charge in [-0.1, -0.05) is 18.2 Å². The summed E-state index contributed by atoms with van der Waals surface area (Å²) in [7, 11) is 3.42. The fourth-order valence-corrected chi connectivity index (χ4v) is 2.11. The summed E-state index contributed by atoms with van der Waals surface area (Å²) >= 11 is 0. The zero-order chi connectivity index (χ0) is 15.1. The van der Waals surface area contributed by atoms with Gasteiger partial charge in [-0.3, -0.25) is 9.78 Å². The number of pyridine rings is 1.